The van der Waals surface area contributed by atoms with E-state index in [0.29, 0.717) is 31.9 Å². The van der Waals surface area contributed by atoms with Crippen molar-refractivity contribution in [3.05, 3.63) is 53.6 Å². The van der Waals surface area contributed by atoms with Crippen LogP contribution in [0.1, 0.15) is 22.8 Å². The fraction of sp³-hybridized carbons (Fsp3) is 0.381. The zero-order valence-corrected chi connectivity index (χ0v) is 15.9. The minimum absolute atomic E-state index is 0.338. The van der Waals surface area contributed by atoms with E-state index in [1.165, 1.54) is 7.11 Å². The average molecular weight is 370 g/mol. The van der Waals surface area contributed by atoms with Crippen molar-refractivity contribution in [1.29, 1.82) is 0 Å². The Kier molecular flexibility index (Phi) is 6.54. The van der Waals surface area contributed by atoms with Gasteiger partial charge in [-0.1, -0.05) is 18.2 Å². The van der Waals surface area contributed by atoms with Gasteiger partial charge in [0.2, 0.25) is 0 Å². The van der Waals surface area contributed by atoms with Crippen LogP contribution in [0.4, 0.5) is 11.4 Å². The first-order chi connectivity index (χ1) is 13.2. The first kappa shape index (κ1) is 19.0. The molecule has 1 aliphatic rings. The SMILES string of the molecule is CCOc1ccccc1CNc1ccc(N2CCOCC2)c(C(=O)OC)c1. The van der Waals surface area contributed by atoms with Gasteiger partial charge < -0.3 is 24.4 Å². The highest BCUT2D eigenvalue weighted by molar-refractivity contribution is 5.97. The van der Waals surface area contributed by atoms with Crippen LogP contribution < -0.4 is 15.0 Å². The Hall–Kier alpha value is -2.73. The molecular formula is C21H26N2O4. The maximum atomic E-state index is 12.3. The number of nitrogens with one attached hydrogen (secondary N) is 1. The minimum Gasteiger partial charge on any atom is -0.494 e. The smallest absolute Gasteiger partial charge is 0.340 e. The Morgan fingerprint density at radius 1 is 1.19 bits per heavy atom. The van der Waals surface area contributed by atoms with E-state index in [1.54, 1.807) is 0 Å². The molecule has 6 heteroatoms. The summed E-state index contributed by atoms with van der Waals surface area (Å²) in [4.78, 5) is 14.5. The lowest BCUT2D eigenvalue weighted by Gasteiger charge is -2.30. The lowest BCUT2D eigenvalue weighted by Crippen LogP contribution is -2.37. The van der Waals surface area contributed by atoms with E-state index in [2.05, 4.69) is 10.2 Å². The predicted octanol–water partition coefficient (Wildman–Crippen LogP) is 3.32. The number of carbonyl (C=O) groups excluding carboxylic acids is 1. The van der Waals surface area contributed by atoms with Gasteiger partial charge in [-0.3, -0.25) is 0 Å². The number of rotatable bonds is 7. The monoisotopic (exact) mass is 370 g/mol. The van der Waals surface area contributed by atoms with Gasteiger partial charge in [0.1, 0.15) is 5.75 Å². The zero-order chi connectivity index (χ0) is 19.1. The fourth-order valence-corrected chi connectivity index (χ4v) is 3.14. The van der Waals surface area contributed by atoms with Gasteiger partial charge in [0.15, 0.2) is 0 Å². The highest BCUT2D eigenvalue weighted by atomic mass is 16.5. The molecule has 1 aliphatic heterocycles. The fourth-order valence-electron chi connectivity index (χ4n) is 3.14. The number of anilines is 2. The van der Waals surface area contributed by atoms with Crippen molar-refractivity contribution in [1.82, 2.24) is 0 Å². The highest BCUT2D eigenvalue weighted by Crippen LogP contribution is 2.27. The Balaban J connectivity index is 1.79. The van der Waals surface area contributed by atoms with E-state index < -0.39 is 0 Å². The van der Waals surface area contributed by atoms with Gasteiger partial charge >= 0.3 is 5.97 Å². The summed E-state index contributed by atoms with van der Waals surface area (Å²) in [5.41, 5.74) is 3.36. The van der Waals surface area contributed by atoms with Crippen molar-refractivity contribution < 1.29 is 19.0 Å². The molecule has 0 atom stereocenters. The van der Waals surface area contributed by atoms with E-state index in [-0.39, 0.29) is 5.97 Å². The lowest BCUT2D eigenvalue weighted by atomic mass is 10.1. The molecule has 2 aromatic carbocycles. The molecule has 1 N–H and O–H groups in total. The van der Waals surface area contributed by atoms with Crippen molar-refractivity contribution in [2.45, 2.75) is 13.5 Å². The summed E-state index contributed by atoms with van der Waals surface area (Å²) in [5.74, 6) is 0.528. The van der Waals surface area contributed by atoms with Gasteiger partial charge in [-0.05, 0) is 31.2 Å². The summed E-state index contributed by atoms with van der Waals surface area (Å²) in [7, 11) is 1.41. The molecule has 0 aromatic heterocycles. The van der Waals surface area contributed by atoms with Gasteiger partial charge in [-0.15, -0.1) is 0 Å². The summed E-state index contributed by atoms with van der Waals surface area (Å²) >= 11 is 0. The van der Waals surface area contributed by atoms with E-state index in [0.717, 1.165) is 35.8 Å². The van der Waals surface area contributed by atoms with Crippen molar-refractivity contribution in [3.63, 3.8) is 0 Å². The lowest BCUT2D eigenvalue weighted by molar-refractivity contribution is 0.0600. The second-order valence-corrected chi connectivity index (χ2v) is 6.22. The number of ether oxygens (including phenoxy) is 3. The number of nitrogens with zero attached hydrogens (tertiary/aromatic N) is 1. The number of benzene rings is 2. The molecule has 3 rings (SSSR count). The maximum Gasteiger partial charge on any atom is 0.340 e. The minimum atomic E-state index is -0.338. The van der Waals surface area contributed by atoms with Crippen LogP contribution in [0.5, 0.6) is 5.75 Å². The summed E-state index contributed by atoms with van der Waals surface area (Å²) in [6.07, 6.45) is 0. The molecule has 2 aromatic rings. The van der Waals surface area contributed by atoms with Crippen LogP contribution in [0.3, 0.4) is 0 Å². The Labute approximate surface area is 160 Å². The first-order valence-electron chi connectivity index (χ1n) is 9.22. The normalized spacial score (nSPS) is 13.9. The van der Waals surface area contributed by atoms with E-state index >= 15 is 0 Å². The topological polar surface area (TPSA) is 60.0 Å². The molecule has 1 fully saturated rings. The van der Waals surface area contributed by atoms with E-state index in [4.69, 9.17) is 14.2 Å². The third-order valence-corrected chi connectivity index (χ3v) is 4.51. The molecule has 0 amide bonds. The molecule has 0 spiro atoms. The van der Waals surface area contributed by atoms with Gasteiger partial charge in [-0.2, -0.15) is 0 Å². The largest absolute Gasteiger partial charge is 0.494 e. The molecule has 0 unspecified atom stereocenters. The van der Waals surface area contributed by atoms with Crippen LogP contribution in [-0.4, -0.2) is 46.0 Å². The third-order valence-electron chi connectivity index (χ3n) is 4.51. The van der Waals surface area contributed by atoms with Crippen molar-refractivity contribution in [2.75, 3.05) is 50.2 Å². The number of carbonyl (C=O) groups is 1. The number of hydrogen-bond acceptors (Lipinski definition) is 6. The average Bonchev–Trinajstić information content (AvgIpc) is 2.73. The third kappa shape index (κ3) is 4.71. The molecule has 144 valence electrons. The number of morpholine rings is 1. The van der Waals surface area contributed by atoms with Gasteiger partial charge in [0.25, 0.3) is 0 Å². The van der Waals surface area contributed by atoms with Crippen LogP contribution >= 0.6 is 0 Å². The molecule has 1 saturated heterocycles. The molecule has 0 radical (unpaired) electrons. The Bertz CT molecular complexity index is 773. The molecule has 0 saturated carbocycles. The number of para-hydroxylation sites is 1. The Morgan fingerprint density at radius 3 is 2.70 bits per heavy atom. The summed E-state index contributed by atoms with van der Waals surface area (Å²) in [6, 6.07) is 13.7. The molecule has 6 nitrogen and oxygen atoms in total. The van der Waals surface area contributed by atoms with Crippen molar-refractivity contribution in [2.24, 2.45) is 0 Å². The molecule has 27 heavy (non-hydrogen) atoms. The number of esters is 1. The Morgan fingerprint density at radius 2 is 1.96 bits per heavy atom. The van der Waals surface area contributed by atoms with Crippen LogP contribution in [0.2, 0.25) is 0 Å². The second kappa shape index (κ2) is 9.28. The van der Waals surface area contributed by atoms with Gasteiger partial charge in [-0.25, -0.2) is 4.79 Å². The van der Waals surface area contributed by atoms with Crippen LogP contribution in [-0.2, 0) is 16.0 Å². The predicted molar refractivity (Wildman–Crippen MR) is 106 cm³/mol. The quantitative estimate of drug-likeness (QED) is 0.755. The van der Waals surface area contributed by atoms with E-state index in [1.807, 2.05) is 49.4 Å². The van der Waals surface area contributed by atoms with E-state index in [9.17, 15) is 4.79 Å². The first-order valence-corrected chi connectivity index (χ1v) is 9.22. The van der Waals surface area contributed by atoms with Crippen LogP contribution in [0.25, 0.3) is 0 Å². The number of methoxy groups -OCH3 is 1. The molecule has 0 bridgehead atoms. The summed E-state index contributed by atoms with van der Waals surface area (Å²) < 4.78 is 16.1. The van der Waals surface area contributed by atoms with Crippen molar-refractivity contribution >= 4 is 17.3 Å². The number of hydrogen-bond donors (Lipinski definition) is 1. The molecule has 0 aliphatic carbocycles. The maximum absolute atomic E-state index is 12.3. The standard InChI is InChI=1S/C21H26N2O4/c1-3-27-20-7-5-4-6-16(20)15-22-17-8-9-19(18(14-17)21(24)25-2)23-10-12-26-13-11-23/h4-9,14,22H,3,10-13,15H2,1-2H3. The molecular weight excluding hydrogens is 344 g/mol. The van der Waals surface area contributed by atoms with Gasteiger partial charge in [0.05, 0.1) is 38.2 Å². The van der Waals surface area contributed by atoms with Crippen LogP contribution in [0.15, 0.2) is 42.5 Å². The molecule has 1 heterocycles. The summed E-state index contributed by atoms with van der Waals surface area (Å²) in [6.45, 7) is 6.04. The second-order valence-electron chi connectivity index (χ2n) is 6.22. The highest BCUT2D eigenvalue weighted by Gasteiger charge is 2.20. The van der Waals surface area contributed by atoms with Gasteiger partial charge in [0, 0.05) is 30.9 Å². The zero-order valence-electron chi connectivity index (χ0n) is 15.9. The van der Waals surface area contributed by atoms with Crippen LogP contribution in [0, 0.1) is 0 Å². The summed E-state index contributed by atoms with van der Waals surface area (Å²) in [5, 5.41) is 3.38. The van der Waals surface area contributed by atoms with Crippen molar-refractivity contribution in [3.8, 4) is 5.75 Å².